The molecule has 0 saturated heterocycles. The van der Waals surface area contributed by atoms with Crippen LogP contribution in [0.1, 0.15) is 45.4 Å². The summed E-state index contributed by atoms with van der Waals surface area (Å²) < 4.78 is 36.5. The SMILES string of the molecule is CCCCCCCCNc1ccc(SC(F)(F)F)cc1. The number of thioether (sulfide) groups is 1. The Bertz CT molecular complexity index is 362. The van der Waals surface area contributed by atoms with Crippen molar-refractivity contribution in [3.05, 3.63) is 24.3 Å². The van der Waals surface area contributed by atoms with Crippen LogP contribution in [0.25, 0.3) is 0 Å². The molecule has 0 aliphatic carbocycles. The van der Waals surface area contributed by atoms with Gasteiger partial charge in [0.05, 0.1) is 0 Å². The molecule has 0 spiro atoms. The molecule has 0 unspecified atom stereocenters. The Morgan fingerprint density at radius 3 is 2.15 bits per heavy atom. The average Bonchev–Trinajstić information content (AvgIpc) is 2.38. The van der Waals surface area contributed by atoms with Gasteiger partial charge in [0, 0.05) is 17.1 Å². The highest BCUT2D eigenvalue weighted by atomic mass is 32.2. The maximum atomic E-state index is 12.2. The monoisotopic (exact) mass is 305 g/mol. The lowest BCUT2D eigenvalue weighted by Crippen LogP contribution is -2.02. The molecule has 0 bridgehead atoms. The standard InChI is InChI=1S/C15H22F3NS/c1-2-3-4-5-6-7-12-19-13-8-10-14(11-9-13)20-15(16,17)18/h8-11,19H,2-7,12H2,1H3. The molecule has 20 heavy (non-hydrogen) atoms. The molecule has 0 aliphatic heterocycles. The van der Waals surface area contributed by atoms with E-state index in [0.29, 0.717) is 0 Å². The summed E-state index contributed by atoms with van der Waals surface area (Å²) >= 11 is -0.0788. The normalized spacial score (nSPS) is 11.6. The van der Waals surface area contributed by atoms with Crippen molar-refractivity contribution < 1.29 is 13.2 Å². The van der Waals surface area contributed by atoms with Crippen molar-refractivity contribution in [2.24, 2.45) is 0 Å². The highest BCUT2D eigenvalue weighted by Gasteiger charge is 2.28. The highest BCUT2D eigenvalue weighted by Crippen LogP contribution is 2.36. The van der Waals surface area contributed by atoms with E-state index in [4.69, 9.17) is 0 Å². The molecule has 1 aromatic rings. The molecule has 0 atom stereocenters. The Morgan fingerprint density at radius 2 is 1.55 bits per heavy atom. The molecular weight excluding hydrogens is 283 g/mol. The number of hydrogen-bond acceptors (Lipinski definition) is 2. The summed E-state index contributed by atoms with van der Waals surface area (Å²) in [5.74, 6) is 0. The van der Waals surface area contributed by atoms with Crippen LogP contribution in [-0.2, 0) is 0 Å². The third kappa shape index (κ3) is 8.35. The summed E-state index contributed by atoms with van der Waals surface area (Å²) in [5.41, 5.74) is -3.34. The van der Waals surface area contributed by atoms with Gasteiger partial charge in [0.15, 0.2) is 0 Å². The molecule has 0 fully saturated rings. The van der Waals surface area contributed by atoms with Gasteiger partial charge in [-0.25, -0.2) is 0 Å². The Hall–Kier alpha value is -0.840. The van der Waals surface area contributed by atoms with Crippen LogP contribution in [0.2, 0.25) is 0 Å². The van der Waals surface area contributed by atoms with Crippen LogP contribution in [0.15, 0.2) is 29.2 Å². The third-order valence-electron chi connectivity index (χ3n) is 2.95. The summed E-state index contributed by atoms with van der Waals surface area (Å²) in [5, 5.41) is 3.24. The fourth-order valence-electron chi connectivity index (χ4n) is 1.91. The van der Waals surface area contributed by atoms with Gasteiger partial charge in [0.25, 0.3) is 0 Å². The van der Waals surface area contributed by atoms with Gasteiger partial charge in [0.2, 0.25) is 0 Å². The van der Waals surface area contributed by atoms with Crippen LogP contribution < -0.4 is 5.32 Å². The highest BCUT2D eigenvalue weighted by molar-refractivity contribution is 8.00. The molecule has 0 saturated carbocycles. The number of halogens is 3. The van der Waals surface area contributed by atoms with Crippen molar-refractivity contribution in [3.63, 3.8) is 0 Å². The van der Waals surface area contributed by atoms with E-state index in [-0.39, 0.29) is 16.7 Å². The second-order valence-corrected chi connectivity index (χ2v) is 5.91. The van der Waals surface area contributed by atoms with Crippen LogP contribution in [-0.4, -0.2) is 12.1 Å². The molecule has 0 aliphatic rings. The van der Waals surface area contributed by atoms with Gasteiger partial charge in [0.1, 0.15) is 0 Å². The fourth-order valence-corrected chi connectivity index (χ4v) is 2.45. The van der Waals surface area contributed by atoms with E-state index in [2.05, 4.69) is 12.2 Å². The Balaban J connectivity index is 2.18. The number of benzene rings is 1. The van der Waals surface area contributed by atoms with E-state index in [0.717, 1.165) is 18.7 Å². The number of hydrogen-bond donors (Lipinski definition) is 1. The summed E-state index contributed by atoms with van der Waals surface area (Å²) in [7, 11) is 0. The second-order valence-electron chi connectivity index (χ2n) is 4.77. The second kappa shape index (κ2) is 9.16. The van der Waals surface area contributed by atoms with Gasteiger partial charge in [-0.2, -0.15) is 13.2 Å². The molecule has 1 rings (SSSR count). The number of alkyl halides is 3. The van der Waals surface area contributed by atoms with E-state index in [1.165, 1.54) is 44.2 Å². The van der Waals surface area contributed by atoms with Crippen molar-refractivity contribution in [1.82, 2.24) is 0 Å². The van der Waals surface area contributed by atoms with E-state index in [1.807, 2.05) is 0 Å². The molecule has 5 heteroatoms. The number of rotatable bonds is 9. The third-order valence-corrected chi connectivity index (χ3v) is 3.69. The van der Waals surface area contributed by atoms with Crippen molar-refractivity contribution in [2.45, 2.75) is 55.9 Å². The van der Waals surface area contributed by atoms with Crippen molar-refractivity contribution >= 4 is 17.4 Å². The number of unbranched alkanes of at least 4 members (excludes halogenated alkanes) is 5. The van der Waals surface area contributed by atoms with Gasteiger partial charge in [-0.1, -0.05) is 39.0 Å². The summed E-state index contributed by atoms with van der Waals surface area (Å²) in [6, 6.07) is 6.40. The zero-order valence-corrected chi connectivity index (χ0v) is 12.6. The Labute approximate surface area is 123 Å². The smallest absolute Gasteiger partial charge is 0.385 e. The molecular formula is C15H22F3NS. The first-order valence-electron chi connectivity index (χ1n) is 7.11. The first kappa shape index (κ1) is 17.2. The maximum Gasteiger partial charge on any atom is 0.446 e. The molecule has 0 amide bonds. The first-order chi connectivity index (χ1) is 9.51. The summed E-state index contributed by atoms with van der Waals surface area (Å²) in [4.78, 5) is 0.225. The quantitative estimate of drug-likeness (QED) is 0.439. The molecule has 0 aromatic heterocycles. The van der Waals surface area contributed by atoms with Crippen molar-refractivity contribution in [2.75, 3.05) is 11.9 Å². The van der Waals surface area contributed by atoms with Gasteiger partial charge in [-0.3, -0.25) is 0 Å². The minimum absolute atomic E-state index is 0.0788. The Kier molecular flexibility index (Phi) is 7.88. The van der Waals surface area contributed by atoms with Crippen LogP contribution in [0.4, 0.5) is 18.9 Å². The van der Waals surface area contributed by atoms with E-state index in [9.17, 15) is 13.2 Å². The van der Waals surface area contributed by atoms with Gasteiger partial charge in [-0.15, -0.1) is 0 Å². The van der Waals surface area contributed by atoms with Crippen molar-refractivity contribution in [3.8, 4) is 0 Å². The van der Waals surface area contributed by atoms with E-state index >= 15 is 0 Å². The predicted octanol–water partition coefficient (Wildman–Crippen LogP) is 6.07. The van der Waals surface area contributed by atoms with Crippen LogP contribution in [0, 0.1) is 0 Å². The molecule has 1 N–H and O–H groups in total. The minimum Gasteiger partial charge on any atom is -0.385 e. The Morgan fingerprint density at radius 1 is 0.950 bits per heavy atom. The molecule has 1 nitrogen and oxygen atoms in total. The van der Waals surface area contributed by atoms with Gasteiger partial charge < -0.3 is 5.32 Å². The lowest BCUT2D eigenvalue weighted by molar-refractivity contribution is -0.0328. The maximum absolute atomic E-state index is 12.2. The zero-order chi connectivity index (χ0) is 14.8. The zero-order valence-electron chi connectivity index (χ0n) is 11.8. The van der Waals surface area contributed by atoms with Crippen LogP contribution >= 0.6 is 11.8 Å². The predicted molar refractivity (Wildman–Crippen MR) is 80.2 cm³/mol. The molecule has 0 heterocycles. The lowest BCUT2D eigenvalue weighted by Gasteiger charge is -2.08. The summed E-state index contributed by atoms with van der Waals surface area (Å²) in [6.45, 7) is 3.07. The number of anilines is 1. The van der Waals surface area contributed by atoms with Crippen LogP contribution in [0.5, 0.6) is 0 Å². The minimum atomic E-state index is -4.21. The average molecular weight is 305 g/mol. The number of nitrogens with one attached hydrogen (secondary N) is 1. The molecule has 1 aromatic carbocycles. The van der Waals surface area contributed by atoms with E-state index < -0.39 is 5.51 Å². The largest absolute Gasteiger partial charge is 0.446 e. The van der Waals surface area contributed by atoms with Crippen molar-refractivity contribution in [1.29, 1.82) is 0 Å². The molecule has 0 radical (unpaired) electrons. The molecule has 114 valence electrons. The topological polar surface area (TPSA) is 12.0 Å². The first-order valence-corrected chi connectivity index (χ1v) is 7.92. The van der Waals surface area contributed by atoms with Crippen LogP contribution in [0.3, 0.4) is 0 Å². The van der Waals surface area contributed by atoms with Gasteiger partial charge in [-0.05, 0) is 42.4 Å². The summed E-state index contributed by atoms with van der Waals surface area (Å²) in [6.07, 6.45) is 7.40. The van der Waals surface area contributed by atoms with Gasteiger partial charge >= 0.3 is 5.51 Å². The lowest BCUT2D eigenvalue weighted by atomic mass is 10.1. The fraction of sp³-hybridized carbons (Fsp3) is 0.600. The van der Waals surface area contributed by atoms with E-state index in [1.54, 1.807) is 12.1 Å².